The Morgan fingerprint density at radius 1 is 1.62 bits per heavy atom. The Balaban J connectivity index is 2.94. The number of aromatic nitrogens is 2. The minimum Gasteiger partial charge on any atom is -0.382 e. The van der Waals surface area contributed by atoms with Gasteiger partial charge >= 0.3 is 0 Å². The van der Waals surface area contributed by atoms with E-state index in [2.05, 4.69) is 21.0 Å². The summed E-state index contributed by atoms with van der Waals surface area (Å²) in [5, 5.41) is 14.1. The van der Waals surface area contributed by atoms with E-state index >= 15 is 0 Å². The second-order valence-electron chi connectivity index (χ2n) is 4.20. The highest BCUT2D eigenvalue weighted by molar-refractivity contribution is 9.10. The molecule has 1 aromatic rings. The fourth-order valence-electron chi connectivity index (χ4n) is 1.41. The Morgan fingerprint density at radius 3 is 2.56 bits per heavy atom. The predicted octanol–water partition coefficient (Wildman–Crippen LogP) is 1.76. The number of ketones is 1. The lowest BCUT2D eigenvalue weighted by Gasteiger charge is -2.19. The van der Waals surface area contributed by atoms with Crippen molar-refractivity contribution in [3.63, 3.8) is 0 Å². The molecule has 0 aliphatic rings. The SMILES string of the molecule is CCC(C)(O)C(=O)Cc1c(Br)c(C)nn1C. The quantitative estimate of drug-likeness (QED) is 0.919. The van der Waals surface area contributed by atoms with Crippen molar-refractivity contribution in [2.24, 2.45) is 7.05 Å². The Labute approximate surface area is 104 Å². The smallest absolute Gasteiger partial charge is 0.169 e. The maximum Gasteiger partial charge on any atom is 0.169 e. The van der Waals surface area contributed by atoms with Crippen LogP contribution in [0, 0.1) is 6.92 Å². The van der Waals surface area contributed by atoms with Gasteiger partial charge < -0.3 is 5.11 Å². The molecule has 0 fully saturated rings. The number of aliphatic hydroxyl groups is 1. The standard InChI is InChI=1S/C11H17BrN2O2/c1-5-11(3,16)9(15)6-8-10(12)7(2)13-14(8)4/h16H,5-6H2,1-4H3. The summed E-state index contributed by atoms with van der Waals surface area (Å²) >= 11 is 3.40. The summed E-state index contributed by atoms with van der Waals surface area (Å²) in [6.45, 7) is 5.21. The Kier molecular flexibility index (Phi) is 3.91. The topological polar surface area (TPSA) is 55.1 Å². The number of hydrogen-bond donors (Lipinski definition) is 1. The number of carbonyl (C=O) groups is 1. The molecular formula is C11H17BrN2O2. The van der Waals surface area contributed by atoms with Crippen LogP contribution in [0.3, 0.4) is 0 Å². The summed E-state index contributed by atoms with van der Waals surface area (Å²) in [7, 11) is 1.79. The highest BCUT2D eigenvalue weighted by Gasteiger charge is 2.29. The first-order chi connectivity index (χ1) is 7.29. The summed E-state index contributed by atoms with van der Waals surface area (Å²) < 4.78 is 2.51. The summed E-state index contributed by atoms with van der Waals surface area (Å²) in [5.74, 6) is -0.182. The van der Waals surface area contributed by atoms with Crippen LogP contribution in [-0.4, -0.2) is 26.3 Å². The lowest BCUT2D eigenvalue weighted by Crippen LogP contribution is -2.36. The molecule has 4 nitrogen and oxygen atoms in total. The first kappa shape index (κ1) is 13.4. The van der Waals surface area contributed by atoms with Gasteiger partial charge in [0.05, 0.1) is 22.3 Å². The average molecular weight is 289 g/mol. The number of hydrogen-bond acceptors (Lipinski definition) is 3. The van der Waals surface area contributed by atoms with Crippen LogP contribution < -0.4 is 0 Å². The zero-order valence-corrected chi connectivity index (χ0v) is 11.6. The van der Waals surface area contributed by atoms with E-state index in [1.165, 1.54) is 0 Å². The zero-order valence-electron chi connectivity index (χ0n) is 10.0. The monoisotopic (exact) mass is 288 g/mol. The molecule has 1 aromatic heterocycles. The maximum absolute atomic E-state index is 11.9. The van der Waals surface area contributed by atoms with E-state index in [4.69, 9.17) is 0 Å². The summed E-state index contributed by atoms with van der Waals surface area (Å²) in [5.41, 5.74) is 0.398. The first-order valence-corrected chi connectivity index (χ1v) is 6.02. The number of nitrogens with zero attached hydrogens (tertiary/aromatic N) is 2. The molecule has 0 bridgehead atoms. The van der Waals surface area contributed by atoms with Crippen molar-refractivity contribution in [2.45, 2.75) is 39.2 Å². The number of aryl methyl sites for hydroxylation is 2. The molecule has 0 saturated heterocycles. The molecule has 0 aliphatic carbocycles. The minimum absolute atomic E-state index is 0.182. The summed E-state index contributed by atoms with van der Waals surface area (Å²) in [6, 6.07) is 0. The van der Waals surface area contributed by atoms with E-state index in [0.717, 1.165) is 15.9 Å². The molecule has 0 saturated carbocycles. The van der Waals surface area contributed by atoms with Crippen LogP contribution >= 0.6 is 15.9 Å². The molecule has 0 aliphatic heterocycles. The second kappa shape index (κ2) is 4.67. The number of halogens is 1. The van der Waals surface area contributed by atoms with Gasteiger partial charge in [0.2, 0.25) is 0 Å². The van der Waals surface area contributed by atoms with Crippen molar-refractivity contribution in [3.8, 4) is 0 Å². The lowest BCUT2D eigenvalue weighted by atomic mass is 9.94. The lowest BCUT2D eigenvalue weighted by molar-refractivity contribution is -0.135. The Morgan fingerprint density at radius 2 is 2.19 bits per heavy atom. The fraction of sp³-hybridized carbons (Fsp3) is 0.636. The molecule has 1 N–H and O–H groups in total. The zero-order chi connectivity index (χ0) is 12.5. The third-order valence-electron chi connectivity index (χ3n) is 2.88. The van der Waals surface area contributed by atoms with E-state index in [0.29, 0.717) is 6.42 Å². The van der Waals surface area contributed by atoms with Gasteiger partial charge in [-0.1, -0.05) is 6.92 Å². The Bertz CT molecular complexity index is 410. The van der Waals surface area contributed by atoms with Crippen LogP contribution in [-0.2, 0) is 18.3 Å². The van der Waals surface area contributed by atoms with Crippen LogP contribution in [0.1, 0.15) is 31.7 Å². The van der Waals surface area contributed by atoms with Crippen LogP contribution in [0.4, 0.5) is 0 Å². The highest BCUT2D eigenvalue weighted by Crippen LogP contribution is 2.23. The normalized spacial score (nSPS) is 14.9. The maximum atomic E-state index is 11.9. The molecule has 0 aromatic carbocycles. The minimum atomic E-state index is -1.25. The number of rotatable bonds is 4. The van der Waals surface area contributed by atoms with Crippen molar-refractivity contribution >= 4 is 21.7 Å². The van der Waals surface area contributed by atoms with Gasteiger partial charge in [-0.3, -0.25) is 9.48 Å². The largest absolute Gasteiger partial charge is 0.382 e. The van der Waals surface area contributed by atoms with Gasteiger partial charge in [-0.15, -0.1) is 0 Å². The van der Waals surface area contributed by atoms with Crippen LogP contribution in [0.15, 0.2) is 4.47 Å². The van der Waals surface area contributed by atoms with E-state index in [1.54, 1.807) is 25.6 Å². The summed E-state index contributed by atoms with van der Waals surface area (Å²) in [6.07, 6.45) is 0.610. The molecule has 0 radical (unpaired) electrons. The molecule has 1 unspecified atom stereocenters. The average Bonchev–Trinajstić information content (AvgIpc) is 2.45. The number of Topliss-reactive ketones (excluding diaryl/α,β-unsaturated/α-hetero) is 1. The van der Waals surface area contributed by atoms with Crippen molar-refractivity contribution in [1.82, 2.24) is 9.78 Å². The third-order valence-corrected chi connectivity index (χ3v) is 3.91. The van der Waals surface area contributed by atoms with Crippen molar-refractivity contribution in [2.75, 3.05) is 0 Å². The highest BCUT2D eigenvalue weighted by atomic mass is 79.9. The molecule has 0 spiro atoms. The first-order valence-electron chi connectivity index (χ1n) is 5.23. The van der Waals surface area contributed by atoms with Gasteiger partial charge in [0.1, 0.15) is 5.60 Å². The van der Waals surface area contributed by atoms with Crippen molar-refractivity contribution in [1.29, 1.82) is 0 Å². The van der Waals surface area contributed by atoms with Gasteiger partial charge in [-0.25, -0.2) is 0 Å². The predicted molar refractivity (Wildman–Crippen MR) is 65.3 cm³/mol. The van der Waals surface area contributed by atoms with Gasteiger partial charge in [0.25, 0.3) is 0 Å². The van der Waals surface area contributed by atoms with Gasteiger partial charge in [-0.05, 0) is 36.2 Å². The molecule has 1 rings (SSSR count). The van der Waals surface area contributed by atoms with E-state index in [-0.39, 0.29) is 12.2 Å². The molecular weight excluding hydrogens is 272 g/mol. The van der Waals surface area contributed by atoms with Gasteiger partial charge in [-0.2, -0.15) is 5.10 Å². The third kappa shape index (κ3) is 2.52. The number of carbonyl (C=O) groups excluding carboxylic acids is 1. The molecule has 1 atom stereocenters. The van der Waals surface area contributed by atoms with Crippen LogP contribution in [0.5, 0.6) is 0 Å². The van der Waals surface area contributed by atoms with Crippen LogP contribution in [0.2, 0.25) is 0 Å². The van der Waals surface area contributed by atoms with Crippen molar-refractivity contribution < 1.29 is 9.90 Å². The molecule has 90 valence electrons. The van der Waals surface area contributed by atoms with Gasteiger partial charge in [0, 0.05) is 7.05 Å². The molecule has 1 heterocycles. The summed E-state index contributed by atoms with van der Waals surface area (Å²) in [4.78, 5) is 11.9. The van der Waals surface area contributed by atoms with Crippen LogP contribution in [0.25, 0.3) is 0 Å². The van der Waals surface area contributed by atoms with Crippen molar-refractivity contribution in [3.05, 3.63) is 15.9 Å². The molecule has 0 amide bonds. The van der Waals surface area contributed by atoms with Gasteiger partial charge in [0.15, 0.2) is 5.78 Å². The molecule has 16 heavy (non-hydrogen) atoms. The second-order valence-corrected chi connectivity index (χ2v) is 4.99. The van der Waals surface area contributed by atoms with E-state index in [1.807, 2.05) is 6.92 Å². The molecule has 5 heteroatoms. The van der Waals surface area contributed by atoms with E-state index in [9.17, 15) is 9.90 Å². The Hall–Kier alpha value is -0.680. The van der Waals surface area contributed by atoms with E-state index < -0.39 is 5.60 Å². The fourth-order valence-corrected chi connectivity index (χ4v) is 1.89.